The highest BCUT2D eigenvalue weighted by Gasteiger charge is 2.22. The van der Waals surface area contributed by atoms with Crippen molar-refractivity contribution in [2.45, 2.75) is 58.5 Å². The van der Waals surface area contributed by atoms with E-state index in [0.29, 0.717) is 35.7 Å². The minimum atomic E-state index is -2.86. The molecule has 33 heavy (non-hydrogen) atoms. The molecule has 178 valence electrons. The molecule has 0 aliphatic heterocycles. The molecule has 0 aliphatic carbocycles. The zero-order valence-electron chi connectivity index (χ0n) is 19.2. The van der Waals surface area contributed by atoms with Gasteiger partial charge in [-0.25, -0.2) is 13.8 Å². The number of ketones is 1. The molecule has 0 fully saturated rings. The molecule has 0 spiro atoms. The summed E-state index contributed by atoms with van der Waals surface area (Å²) < 4.78 is 39.7. The Labute approximate surface area is 192 Å². The zero-order chi connectivity index (χ0) is 24.0. The monoisotopic (exact) mass is 460 g/mol. The van der Waals surface area contributed by atoms with E-state index in [9.17, 15) is 13.6 Å². The van der Waals surface area contributed by atoms with Gasteiger partial charge in [0.25, 0.3) is 0 Å². The Morgan fingerprint density at radius 2 is 2.00 bits per heavy atom. The van der Waals surface area contributed by atoms with Gasteiger partial charge in [0.1, 0.15) is 22.9 Å². The van der Waals surface area contributed by atoms with Gasteiger partial charge < -0.3 is 14.6 Å². The summed E-state index contributed by atoms with van der Waals surface area (Å²) in [6.45, 7) is 5.12. The van der Waals surface area contributed by atoms with Crippen LogP contribution in [0.4, 0.5) is 8.78 Å². The number of halogens is 2. The first-order chi connectivity index (χ1) is 15.6. The topological polar surface area (TPSA) is 73.1 Å². The Morgan fingerprint density at radius 1 is 1.21 bits per heavy atom. The third-order valence-corrected chi connectivity index (χ3v) is 4.93. The van der Waals surface area contributed by atoms with Gasteiger partial charge >= 0.3 is 0 Å². The molecule has 6 nitrogen and oxygen atoms in total. The second kappa shape index (κ2) is 10.7. The average Bonchev–Trinajstić information content (AvgIpc) is 3.15. The van der Waals surface area contributed by atoms with Crippen LogP contribution in [-0.4, -0.2) is 45.5 Å². The summed E-state index contributed by atoms with van der Waals surface area (Å²) >= 11 is 0. The molecule has 1 aromatic carbocycles. The molecule has 0 radical (unpaired) electrons. The van der Waals surface area contributed by atoms with Crippen molar-refractivity contribution in [3.8, 4) is 22.8 Å². The number of ether oxygens (including phenoxy) is 2. The van der Waals surface area contributed by atoms with Crippen molar-refractivity contribution in [3.05, 3.63) is 48.3 Å². The fourth-order valence-corrected chi connectivity index (χ4v) is 3.45. The highest BCUT2D eigenvalue weighted by molar-refractivity contribution is 5.81. The summed E-state index contributed by atoms with van der Waals surface area (Å²) in [6, 6.07) is 9.15. The van der Waals surface area contributed by atoms with E-state index in [1.807, 2.05) is 48.7 Å². The summed E-state index contributed by atoms with van der Waals surface area (Å²) in [4.78, 5) is 16.8. The fourth-order valence-electron chi connectivity index (χ4n) is 3.45. The van der Waals surface area contributed by atoms with Crippen molar-refractivity contribution in [2.75, 3.05) is 13.2 Å². The van der Waals surface area contributed by atoms with Crippen molar-refractivity contribution in [1.29, 1.82) is 0 Å². The van der Waals surface area contributed by atoms with Crippen LogP contribution < -0.4 is 9.47 Å². The number of hydrogen-bond donors (Lipinski definition) is 1. The van der Waals surface area contributed by atoms with Gasteiger partial charge in [-0.1, -0.05) is 0 Å². The van der Waals surface area contributed by atoms with Gasteiger partial charge in [0.15, 0.2) is 0 Å². The molecule has 0 unspecified atom stereocenters. The van der Waals surface area contributed by atoms with E-state index in [1.165, 1.54) is 0 Å². The van der Waals surface area contributed by atoms with E-state index in [1.54, 1.807) is 12.3 Å². The molecular weight excluding hydrogens is 430 g/mol. The van der Waals surface area contributed by atoms with E-state index < -0.39 is 12.3 Å². The first-order valence-electron chi connectivity index (χ1n) is 11.1. The number of benzene rings is 1. The van der Waals surface area contributed by atoms with Gasteiger partial charge in [-0.2, -0.15) is 0 Å². The smallest absolute Gasteiger partial charge is 0.245 e. The van der Waals surface area contributed by atoms with Gasteiger partial charge in [0.05, 0.1) is 24.6 Å². The Hall–Kier alpha value is -3.00. The Bertz CT molecular complexity index is 1090. The summed E-state index contributed by atoms with van der Waals surface area (Å²) in [6.07, 6.45) is 3.46. The number of aliphatic hydroxyl groups excluding tert-OH is 1. The number of carbonyl (C=O) groups is 1. The number of aromatic nitrogens is 2. The van der Waals surface area contributed by atoms with Crippen LogP contribution in [0.3, 0.4) is 0 Å². The standard InChI is InChI=1S/C25H30F2N2O4/c1-17(2)33-22-13-18(12-20(31)5-7-25(3,26)27)11-19(14-22)23-16-28-24-15-21(6-8-29(23)24)32-10-4-9-30/h6,8,11,13-17,30H,4-5,7,9-10,12H2,1-3H3. The van der Waals surface area contributed by atoms with Gasteiger partial charge in [0, 0.05) is 50.1 Å². The lowest BCUT2D eigenvalue weighted by atomic mass is 10.0. The minimum Gasteiger partial charge on any atom is -0.493 e. The Kier molecular flexibility index (Phi) is 8.02. The zero-order valence-corrected chi connectivity index (χ0v) is 19.2. The number of pyridine rings is 1. The second-order valence-corrected chi connectivity index (χ2v) is 8.48. The van der Waals surface area contributed by atoms with Crippen molar-refractivity contribution in [3.63, 3.8) is 0 Å². The molecule has 2 aromatic heterocycles. The van der Waals surface area contributed by atoms with Crippen molar-refractivity contribution in [1.82, 2.24) is 9.38 Å². The van der Waals surface area contributed by atoms with E-state index >= 15 is 0 Å². The van der Waals surface area contributed by atoms with E-state index in [0.717, 1.165) is 18.2 Å². The van der Waals surface area contributed by atoms with E-state index in [4.69, 9.17) is 14.6 Å². The molecule has 0 saturated heterocycles. The molecule has 8 heteroatoms. The normalized spacial score (nSPS) is 11.8. The largest absolute Gasteiger partial charge is 0.493 e. The van der Waals surface area contributed by atoms with E-state index in [-0.39, 0.29) is 31.3 Å². The van der Waals surface area contributed by atoms with Crippen LogP contribution >= 0.6 is 0 Å². The number of aliphatic hydroxyl groups is 1. The summed E-state index contributed by atoms with van der Waals surface area (Å²) in [5.74, 6) is -1.85. The van der Waals surface area contributed by atoms with Crippen molar-refractivity contribution >= 4 is 11.4 Å². The molecule has 0 saturated carbocycles. The lowest BCUT2D eigenvalue weighted by Gasteiger charge is -2.14. The number of alkyl halides is 2. The van der Waals surface area contributed by atoms with Crippen LogP contribution in [0.5, 0.6) is 11.5 Å². The predicted octanol–water partition coefficient (Wildman–Crippen LogP) is 5.10. The quantitative estimate of drug-likeness (QED) is 0.381. The van der Waals surface area contributed by atoms with Gasteiger partial charge in [-0.15, -0.1) is 0 Å². The fraction of sp³-hybridized carbons (Fsp3) is 0.440. The molecule has 0 amide bonds. The lowest BCUT2D eigenvalue weighted by Crippen LogP contribution is -2.13. The number of hydrogen-bond acceptors (Lipinski definition) is 5. The van der Waals surface area contributed by atoms with Crippen molar-refractivity contribution < 1.29 is 28.2 Å². The summed E-state index contributed by atoms with van der Waals surface area (Å²) in [5.41, 5.74) is 2.99. The molecule has 2 heterocycles. The third-order valence-electron chi connectivity index (χ3n) is 4.93. The van der Waals surface area contributed by atoms with Gasteiger partial charge in [-0.05, 0) is 50.6 Å². The maximum Gasteiger partial charge on any atom is 0.245 e. The Morgan fingerprint density at radius 3 is 2.70 bits per heavy atom. The molecule has 0 atom stereocenters. The maximum absolute atomic E-state index is 13.1. The minimum absolute atomic E-state index is 0.0535. The average molecular weight is 461 g/mol. The first-order valence-corrected chi connectivity index (χ1v) is 11.1. The Balaban J connectivity index is 1.88. The molecule has 3 rings (SSSR count). The van der Waals surface area contributed by atoms with Crippen LogP contribution in [0, 0.1) is 0 Å². The lowest BCUT2D eigenvalue weighted by molar-refractivity contribution is -0.120. The van der Waals surface area contributed by atoms with E-state index in [2.05, 4.69) is 4.98 Å². The summed E-state index contributed by atoms with van der Waals surface area (Å²) in [7, 11) is 0. The second-order valence-electron chi connectivity index (χ2n) is 8.48. The number of Topliss-reactive ketones (excluding diaryl/α,β-unsaturated/α-hetero) is 1. The van der Waals surface area contributed by atoms with Crippen molar-refractivity contribution in [2.24, 2.45) is 0 Å². The van der Waals surface area contributed by atoms with Crippen LogP contribution in [0.25, 0.3) is 16.9 Å². The first kappa shape index (κ1) is 24.6. The molecule has 0 bridgehead atoms. The summed E-state index contributed by atoms with van der Waals surface area (Å²) in [5, 5.41) is 8.90. The third kappa shape index (κ3) is 7.25. The SMILES string of the molecule is CC(C)Oc1cc(CC(=O)CCC(C)(F)F)cc(-c2cnc3cc(OCCCO)ccn23)c1. The number of fused-ring (bicyclic) bond motifs is 1. The van der Waals surface area contributed by atoms with Crippen LogP contribution in [0.2, 0.25) is 0 Å². The van der Waals surface area contributed by atoms with Crippen LogP contribution in [0.15, 0.2) is 42.7 Å². The maximum atomic E-state index is 13.1. The highest BCUT2D eigenvalue weighted by atomic mass is 19.3. The van der Waals surface area contributed by atoms with Gasteiger partial charge in [-0.3, -0.25) is 9.20 Å². The van der Waals surface area contributed by atoms with Crippen LogP contribution in [-0.2, 0) is 11.2 Å². The molecule has 3 aromatic rings. The number of rotatable bonds is 12. The molecule has 0 aliphatic rings. The van der Waals surface area contributed by atoms with Gasteiger partial charge in [0.2, 0.25) is 5.92 Å². The highest BCUT2D eigenvalue weighted by Crippen LogP contribution is 2.29. The van der Waals surface area contributed by atoms with Crippen LogP contribution in [0.1, 0.15) is 45.6 Å². The molecule has 1 N–H and O–H groups in total. The predicted molar refractivity (Wildman–Crippen MR) is 122 cm³/mol. The number of nitrogens with zero attached hydrogens (tertiary/aromatic N) is 2. The number of carbonyl (C=O) groups excluding carboxylic acids is 1. The number of imidazole rings is 1. The molecular formula is C25H30F2N2O4.